The fourth-order valence-corrected chi connectivity index (χ4v) is 2.23. The van der Waals surface area contributed by atoms with Gasteiger partial charge >= 0.3 is 0 Å². The van der Waals surface area contributed by atoms with Crippen LogP contribution in [0, 0.1) is 0 Å². The predicted octanol–water partition coefficient (Wildman–Crippen LogP) is 2.49. The lowest BCUT2D eigenvalue weighted by molar-refractivity contribution is 0.609. The number of hydrogen-bond acceptors (Lipinski definition) is 3. The molecule has 0 unspecified atom stereocenters. The fraction of sp³-hybridized carbons (Fsp3) is 0.600. The van der Waals surface area contributed by atoms with Crippen LogP contribution in [0.2, 0.25) is 4.34 Å². The molecule has 0 fully saturated rings. The van der Waals surface area contributed by atoms with Gasteiger partial charge in [0.1, 0.15) is 0 Å². The standard InChI is InChI=1S/C10H17ClN2S/c1-2-12-6-3-7-13-8-9-4-5-10(11)14-9/h4-5,12-13H,2-3,6-8H2,1H3. The molecule has 0 aliphatic heterocycles. The molecule has 4 heteroatoms. The SMILES string of the molecule is CCNCCCNCc1ccc(Cl)s1. The van der Waals surface area contributed by atoms with Gasteiger partial charge < -0.3 is 10.6 Å². The average Bonchev–Trinajstić information content (AvgIpc) is 2.58. The van der Waals surface area contributed by atoms with E-state index in [1.165, 1.54) is 11.3 Å². The van der Waals surface area contributed by atoms with Crippen molar-refractivity contribution in [2.24, 2.45) is 0 Å². The summed E-state index contributed by atoms with van der Waals surface area (Å²) in [5.41, 5.74) is 0. The van der Waals surface area contributed by atoms with Crippen LogP contribution >= 0.6 is 22.9 Å². The Balaban J connectivity index is 1.99. The predicted molar refractivity (Wildman–Crippen MR) is 64.2 cm³/mol. The summed E-state index contributed by atoms with van der Waals surface area (Å²) >= 11 is 7.47. The van der Waals surface area contributed by atoms with Gasteiger partial charge in [-0.2, -0.15) is 0 Å². The van der Waals surface area contributed by atoms with Crippen molar-refractivity contribution >= 4 is 22.9 Å². The first kappa shape index (κ1) is 12.0. The second-order valence-electron chi connectivity index (χ2n) is 3.09. The van der Waals surface area contributed by atoms with E-state index < -0.39 is 0 Å². The lowest BCUT2D eigenvalue weighted by Gasteiger charge is -2.03. The van der Waals surface area contributed by atoms with E-state index in [0.717, 1.165) is 30.5 Å². The van der Waals surface area contributed by atoms with Crippen LogP contribution in [0.25, 0.3) is 0 Å². The zero-order valence-corrected chi connectivity index (χ0v) is 10.0. The minimum atomic E-state index is 0.870. The van der Waals surface area contributed by atoms with E-state index in [0.29, 0.717) is 0 Å². The van der Waals surface area contributed by atoms with Gasteiger partial charge in [0.15, 0.2) is 0 Å². The highest BCUT2D eigenvalue weighted by molar-refractivity contribution is 7.16. The molecule has 0 aromatic carbocycles. The Kier molecular flexibility index (Phi) is 6.19. The molecule has 2 nitrogen and oxygen atoms in total. The normalized spacial score (nSPS) is 10.7. The van der Waals surface area contributed by atoms with E-state index in [1.54, 1.807) is 11.3 Å². The first-order valence-corrected chi connectivity index (χ1v) is 6.18. The minimum absolute atomic E-state index is 0.870. The maximum absolute atomic E-state index is 5.82. The summed E-state index contributed by atoms with van der Waals surface area (Å²) in [5.74, 6) is 0. The Morgan fingerprint density at radius 2 is 2.07 bits per heavy atom. The number of halogens is 1. The van der Waals surface area contributed by atoms with Crippen LogP contribution < -0.4 is 10.6 Å². The smallest absolute Gasteiger partial charge is 0.0931 e. The Hall–Kier alpha value is -0.0900. The van der Waals surface area contributed by atoms with Gasteiger partial charge in [-0.15, -0.1) is 11.3 Å². The second kappa shape index (κ2) is 7.23. The summed E-state index contributed by atoms with van der Waals surface area (Å²) in [6, 6.07) is 4.02. The van der Waals surface area contributed by atoms with Crippen LogP contribution in [0.3, 0.4) is 0 Å². The summed E-state index contributed by atoms with van der Waals surface area (Å²) in [6.45, 7) is 6.27. The molecule has 1 aromatic rings. The number of nitrogens with one attached hydrogen (secondary N) is 2. The third-order valence-corrected chi connectivity index (χ3v) is 3.12. The molecule has 0 aliphatic rings. The topological polar surface area (TPSA) is 24.1 Å². The zero-order valence-electron chi connectivity index (χ0n) is 8.48. The number of thiophene rings is 1. The molecule has 80 valence electrons. The van der Waals surface area contributed by atoms with Crippen LogP contribution in [0.15, 0.2) is 12.1 Å². The Bertz CT molecular complexity index is 250. The fourth-order valence-electron chi connectivity index (χ4n) is 1.17. The van der Waals surface area contributed by atoms with Crippen molar-refractivity contribution in [3.05, 3.63) is 21.3 Å². The molecule has 0 bridgehead atoms. The van der Waals surface area contributed by atoms with Crippen LogP contribution in [0.5, 0.6) is 0 Å². The summed E-state index contributed by atoms with van der Waals surface area (Å²) < 4.78 is 0.870. The van der Waals surface area contributed by atoms with Gasteiger partial charge in [-0.05, 0) is 38.2 Å². The van der Waals surface area contributed by atoms with Crippen molar-refractivity contribution in [1.29, 1.82) is 0 Å². The van der Waals surface area contributed by atoms with Gasteiger partial charge in [0, 0.05) is 11.4 Å². The molecule has 0 spiro atoms. The molecule has 0 amide bonds. The van der Waals surface area contributed by atoms with Gasteiger partial charge in [0.05, 0.1) is 4.34 Å². The highest BCUT2D eigenvalue weighted by Gasteiger charge is 1.96. The van der Waals surface area contributed by atoms with Crippen molar-refractivity contribution in [1.82, 2.24) is 10.6 Å². The average molecular weight is 233 g/mol. The molecule has 1 heterocycles. The maximum Gasteiger partial charge on any atom is 0.0931 e. The van der Waals surface area contributed by atoms with E-state index >= 15 is 0 Å². The molecule has 1 rings (SSSR count). The van der Waals surface area contributed by atoms with Crippen LogP contribution in [-0.2, 0) is 6.54 Å². The lowest BCUT2D eigenvalue weighted by atomic mass is 10.4. The molecule has 0 aliphatic carbocycles. The first-order chi connectivity index (χ1) is 6.83. The van der Waals surface area contributed by atoms with E-state index in [2.05, 4.69) is 23.6 Å². The summed E-state index contributed by atoms with van der Waals surface area (Å²) in [6.07, 6.45) is 1.17. The van der Waals surface area contributed by atoms with Gasteiger partial charge in [0.2, 0.25) is 0 Å². The van der Waals surface area contributed by atoms with Crippen LogP contribution in [0.1, 0.15) is 18.2 Å². The van der Waals surface area contributed by atoms with Crippen LogP contribution in [-0.4, -0.2) is 19.6 Å². The maximum atomic E-state index is 5.82. The van der Waals surface area contributed by atoms with E-state index in [9.17, 15) is 0 Å². The monoisotopic (exact) mass is 232 g/mol. The van der Waals surface area contributed by atoms with Crippen molar-refractivity contribution in [2.45, 2.75) is 19.9 Å². The Labute approximate surface area is 94.7 Å². The molecular weight excluding hydrogens is 216 g/mol. The molecule has 0 atom stereocenters. The third-order valence-electron chi connectivity index (χ3n) is 1.89. The number of hydrogen-bond donors (Lipinski definition) is 2. The lowest BCUT2D eigenvalue weighted by Crippen LogP contribution is -2.21. The summed E-state index contributed by atoms with van der Waals surface area (Å²) in [7, 11) is 0. The zero-order chi connectivity index (χ0) is 10.2. The van der Waals surface area contributed by atoms with Crippen LogP contribution in [0.4, 0.5) is 0 Å². The van der Waals surface area contributed by atoms with Crippen molar-refractivity contribution in [2.75, 3.05) is 19.6 Å². The number of rotatable bonds is 7. The summed E-state index contributed by atoms with van der Waals surface area (Å²) in [4.78, 5) is 1.30. The molecule has 0 radical (unpaired) electrons. The molecule has 0 saturated heterocycles. The largest absolute Gasteiger partial charge is 0.317 e. The third kappa shape index (κ3) is 4.96. The molecule has 1 aromatic heterocycles. The first-order valence-electron chi connectivity index (χ1n) is 4.98. The second-order valence-corrected chi connectivity index (χ2v) is 4.89. The highest BCUT2D eigenvalue weighted by atomic mass is 35.5. The van der Waals surface area contributed by atoms with Gasteiger partial charge in [0.25, 0.3) is 0 Å². The minimum Gasteiger partial charge on any atom is -0.317 e. The van der Waals surface area contributed by atoms with E-state index in [-0.39, 0.29) is 0 Å². The van der Waals surface area contributed by atoms with E-state index in [4.69, 9.17) is 11.6 Å². The molecule has 0 saturated carbocycles. The molecule has 2 N–H and O–H groups in total. The van der Waals surface area contributed by atoms with Crippen molar-refractivity contribution < 1.29 is 0 Å². The summed E-state index contributed by atoms with van der Waals surface area (Å²) in [5, 5.41) is 6.68. The van der Waals surface area contributed by atoms with Gasteiger partial charge in [-0.25, -0.2) is 0 Å². The molecule has 14 heavy (non-hydrogen) atoms. The Morgan fingerprint density at radius 1 is 1.29 bits per heavy atom. The Morgan fingerprint density at radius 3 is 2.71 bits per heavy atom. The highest BCUT2D eigenvalue weighted by Crippen LogP contribution is 2.20. The quantitative estimate of drug-likeness (QED) is 0.706. The molecular formula is C10H17ClN2S. The van der Waals surface area contributed by atoms with Gasteiger partial charge in [-0.3, -0.25) is 0 Å². The van der Waals surface area contributed by atoms with Gasteiger partial charge in [-0.1, -0.05) is 18.5 Å². The van der Waals surface area contributed by atoms with Crippen molar-refractivity contribution in [3.63, 3.8) is 0 Å². The van der Waals surface area contributed by atoms with Crippen molar-refractivity contribution in [3.8, 4) is 0 Å². The van der Waals surface area contributed by atoms with E-state index in [1.807, 2.05) is 6.07 Å².